The molecule has 14 heteroatoms. The number of hydrogen-bond acceptors (Lipinski definition) is 10. The maximum atomic E-state index is 12.3. The van der Waals surface area contributed by atoms with Crippen LogP contribution in [0.25, 0.3) is 11.4 Å². The number of pyridine rings is 1. The van der Waals surface area contributed by atoms with E-state index in [1.165, 1.54) is 24.1 Å². The van der Waals surface area contributed by atoms with Gasteiger partial charge < -0.3 is 14.4 Å². The fourth-order valence-electron chi connectivity index (χ4n) is 4.50. The Hall–Kier alpha value is -3.81. The molecular weight excluding hydrogens is 519 g/mol. The van der Waals surface area contributed by atoms with Crippen molar-refractivity contribution < 1.29 is 32.2 Å². The molecule has 0 N–H and O–H groups in total. The second-order valence-electron chi connectivity index (χ2n) is 9.11. The SMILES string of the molecule is CCc1nc(-c2nnn(C)c2COc2nccc(COC(F)(F)F)n2)ccc1N1CCC[C@H](CC(=O)OC)C1. The Balaban J connectivity index is 1.49. The van der Waals surface area contributed by atoms with Crippen molar-refractivity contribution in [3.05, 3.63) is 41.5 Å². The molecule has 0 spiro atoms. The minimum atomic E-state index is -4.76. The van der Waals surface area contributed by atoms with Crippen LogP contribution in [0.1, 0.15) is 43.3 Å². The highest BCUT2D eigenvalue weighted by atomic mass is 19.4. The maximum absolute atomic E-state index is 12.3. The largest absolute Gasteiger partial charge is 0.522 e. The number of ether oxygens (including phenoxy) is 3. The minimum Gasteiger partial charge on any atom is -0.469 e. The lowest BCUT2D eigenvalue weighted by molar-refractivity contribution is -0.330. The van der Waals surface area contributed by atoms with Crippen LogP contribution >= 0.6 is 0 Å². The van der Waals surface area contributed by atoms with Gasteiger partial charge in [-0.05, 0) is 43.4 Å². The van der Waals surface area contributed by atoms with Gasteiger partial charge in [-0.15, -0.1) is 18.3 Å². The Morgan fingerprint density at radius 3 is 2.74 bits per heavy atom. The summed E-state index contributed by atoms with van der Waals surface area (Å²) in [5, 5.41) is 8.36. The fraction of sp³-hybridized carbons (Fsp3) is 0.520. The molecule has 1 saturated heterocycles. The monoisotopic (exact) mass is 549 g/mol. The molecular formula is C25H30F3N7O4. The highest BCUT2D eigenvalue weighted by molar-refractivity contribution is 5.69. The number of piperidine rings is 1. The van der Waals surface area contributed by atoms with Crippen LogP contribution in [0.2, 0.25) is 0 Å². The Morgan fingerprint density at radius 1 is 1.18 bits per heavy atom. The lowest BCUT2D eigenvalue weighted by atomic mass is 9.94. The number of methoxy groups -OCH3 is 1. The van der Waals surface area contributed by atoms with Crippen LogP contribution in [-0.4, -0.2) is 62.5 Å². The molecule has 210 valence electrons. The summed E-state index contributed by atoms with van der Waals surface area (Å²) in [6, 6.07) is 5.09. The first kappa shape index (κ1) is 28.2. The van der Waals surface area contributed by atoms with Gasteiger partial charge in [-0.3, -0.25) is 9.53 Å². The van der Waals surface area contributed by atoms with Gasteiger partial charge in [-0.2, -0.15) is 4.98 Å². The summed E-state index contributed by atoms with van der Waals surface area (Å²) in [4.78, 5) is 26.8. The number of rotatable bonds is 10. The summed E-state index contributed by atoms with van der Waals surface area (Å²) in [6.07, 6.45) is -0.434. The van der Waals surface area contributed by atoms with Crippen molar-refractivity contribution in [3.8, 4) is 17.4 Å². The van der Waals surface area contributed by atoms with Crippen LogP contribution in [0.5, 0.6) is 6.01 Å². The molecule has 1 atom stereocenters. The van der Waals surface area contributed by atoms with Crippen LogP contribution in [0, 0.1) is 5.92 Å². The first-order valence-electron chi connectivity index (χ1n) is 12.5. The van der Waals surface area contributed by atoms with Gasteiger partial charge in [0.15, 0.2) is 0 Å². The number of carbonyl (C=O) groups excluding carboxylic acids is 1. The van der Waals surface area contributed by atoms with Crippen molar-refractivity contribution in [1.82, 2.24) is 29.9 Å². The Labute approximate surface area is 223 Å². The van der Waals surface area contributed by atoms with Gasteiger partial charge >= 0.3 is 18.3 Å². The van der Waals surface area contributed by atoms with E-state index in [1.807, 2.05) is 19.1 Å². The molecule has 1 aliphatic rings. The van der Waals surface area contributed by atoms with Crippen LogP contribution in [0.4, 0.5) is 18.9 Å². The highest BCUT2D eigenvalue weighted by Gasteiger charge is 2.29. The van der Waals surface area contributed by atoms with Gasteiger partial charge in [0.2, 0.25) is 0 Å². The summed E-state index contributed by atoms with van der Waals surface area (Å²) in [7, 11) is 3.11. The number of anilines is 1. The fourth-order valence-corrected chi connectivity index (χ4v) is 4.50. The summed E-state index contributed by atoms with van der Waals surface area (Å²) >= 11 is 0. The molecule has 3 aromatic rings. The van der Waals surface area contributed by atoms with Gasteiger partial charge in [-0.25, -0.2) is 14.6 Å². The van der Waals surface area contributed by atoms with Gasteiger partial charge in [0.25, 0.3) is 0 Å². The molecule has 11 nitrogen and oxygen atoms in total. The molecule has 0 unspecified atom stereocenters. The number of esters is 1. The van der Waals surface area contributed by atoms with E-state index in [-0.39, 0.29) is 30.2 Å². The third-order valence-corrected chi connectivity index (χ3v) is 6.43. The van der Waals surface area contributed by atoms with Gasteiger partial charge in [0.1, 0.15) is 18.0 Å². The van der Waals surface area contributed by atoms with Crippen LogP contribution in [0.3, 0.4) is 0 Å². The zero-order valence-corrected chi connectivity index (χ0v) is 21.9. The molecule has 0 aliphatic carbocycles. The molecule has 0 amide bonds. The molecule has 0 radical (unpaired) electrons. The Bertz CT molecular complexity index is 1280. The molecule has 0 aromatic carbocycles. The van der Waals surface area contributed by atoms with Gasteiger partial charge in [-0.1, -0.05) is 12.1 Å². The summed E-state index contributed by atoms with van der Waals surface area (Å²) < 4.78 is 52.9. The smallest absolute Gasteiger partial charge is 0.469 e. The lowest BCUT2D eigenvalue weighted by Crippen LogP contribution is -2.37. The zero-order chi connectivity index (χ0) is 28.0. The van der Waals surface area contributed by atoms with Crippen molar-refractivity contribution in [1.29, 1.82) is 0 Å². The second kappa shape index (κ2) is 12.4. The molecule has 0 bridgehead atoms. The molecule has 39 heavy (non-hydrogen) atoms. The molecule has 1 fully saturated rings. The molecule has 1 aliphatic heterocycles. The van der Waals surface area contributed by atoms with E-state index in [0.717, 1.165) is 37.3 Å². The topological polar surface area (TPSA) is 117 Å². The van der Waals surface area contributed by atoms with Crippen molar-refractivity contribution >= 4 is 11.7 Å². The number of carbonyl (C=O) groups is 1. The molecule has 4 heterocycles. The quantitative estimate of drug-likeness (QED) is 0.347. The van der Waals surface area contributed by atoms with Crippen LogP contribution in [0.15, 0.2) is 24.4 Å². The number of alkyl halides is 3. The zero-order valence-electron chi connectivity index (χ0n) is 21.9. The molecule has 3 aromatic heterocycles. The second-order valence-corrected chi connectivity index (χ2v) is 9.11. The van der Waals surface area contributed by atoms with E-state index in [0.29, 0.717) is 29.9 Å². The van der Waals surface area contributed by atoms with E-state index in [1.54, 1.807) is 7.05 Å². The van der Waals surface area contributed by atoms with Crippen LogP contribution < -0.4 is 9.64 Å². The summed E-state index contributed by atoms with van der Waals surface area (Å²) in [5.41, 5.74) is 3.65. The predicted octanol–water partition coefficient (Wildman–Crippen LogP) is 3.62. The maximum Gasteiger partial charge on any atom is 0.522 e. The molecule has 4 rings (SSSR count). The average molecular weight is 550 g/mol. The van der Waals surface area contributed by atoms with Gasteiger partial charge in [0, 0.05) is 32.8 Å². The Kier molecular flexibility index (Phi) is 8.94. The number of halogens is 3. The van der Waals surface area contributed by atoms with E-state index in [2.05, 4.69) is 29.9 Å². The predicted molar refractivity (Wildman–Crippen MR) is 132 cm³/mol. The van der Waals surface area contributed by atoms with Crippen molar-refractivity contribution in [3.63, 3.8) is 0 Å². The van der Waals surface area contributed by atoms with Gasteiger partial charge in [0.05, 0.1) is 36.5 Å². The number of nitrogens with zero attached hydrogens (tertiary/aromatic N) is 7. The number of aromatic nitrogens is 6. The van der Waals surface area contributed by atoms with Crippen molar-refractivity contribution in [2.24, 2.45) is 13.0 Å². The minimum absolute atomic E-state index is 0.0251. The van der Waals surface area contributed by atoms with Crippen LogP contribution in [-0.2, 0) is 41.0 Å². The number of aryl methyl sites for hydroxylation is 2. The van der Waals surface area contributed by atoms with E-state index < -0.39 is 13.0 Å². The highest BCUT2D eigenvalue weighted by Crippen LogP contribution is 2.30. The van der Waals surface area contributed by atoms with E-state index in [4.69, 9.17) is 14.5 Å². The summed E-state index contributed by atoms with van der Waals surface area (Å²) in [6.45, 7) is 2.87. The third kappa shape index (κ3) is 7.40. The normalized spacial score (nSPS) is 15.8. The van der Waals surface area contributed by atoms with E-state index >= 15 is 0 Å². The third-order valence-electron chi connectivity index (χ3n) is 6.43. The van der Waals surface area contributed by atoms with Crippen molar-refractivity contribution in [2.45, 2.75) is 52.2 Å². The van der Waals surface area contributed by atoms with E-state index in [9.17, 15) is 18.0 Å². The number of hydrogen-bond donors (Lipinski definition) is 0. The standard InChI is InChI=1S/C25H30F3N7O4/c1-4-18-20(35-11-5-6-16(13-35)12-22(36)37-3)8-7-19(31-18)23-21(34(2)33-32-23)15-38-24-29-10-9-17(30-24)14-39-25(26,27)28/h7-10,16H,4-6,11-15H2,1-3H3/t16-/m1/s1. The first-order valence-corrected chi connectivity index (χ1v) is 12.5. The lowest BCUT2D eigenvalue weighted by Gasteiger charge is -2.35. The molecule has 0 saturated carbocycles. The average Bonchev–Trinajstić information content (AvgIpc) is 3.30. The Morgan fingerprint density at radius 2 is 2.00 bits per heavy atom. The van der Waals surface area contributed by atoms with Crippen molar-refractivity contribution in [2.75, 3.05) is 25.1 Å². The first-order chi connectivity index (χ1) is 18.7. The summed E-state index contributed by atoms with van der Waals surface area (Å²) in [5.74, 6) is 0.0234.